The molecular weight excluding hydrogens is 184 g/mol. The summed E-state index contributed by atoms with van der Waals surface area (Å²) in [5.41, 5.74) is 2.59. The fraction of sp³-hybridized carbons (Fsp3) is 0.364. The van der Waals surface area contributed by atoms with Crippen molar-refractivity contribution in [1.82, 2.24) is 0 Å². The summed E-state index contributed by atoms with van der Waals surface area (Å²) in [6.45, 7) is 2.08. The van der Waals surface area contributed by atoms with E-state index in [4.69, 9.17) is 11.6 Å². The van der Waals surface area contributed by atoms with Gasteiger partial charge in [-0.1, -0.05) is 24.3 Å². The molecule has 0 aliphatic carbocycles. The summed E-state index contributed by atoms with van der Waals surface area (Å²) < 4.78 is 0. The second-order valence-electron chi connectivity index (χ2n) is 3.14. The van der Waals surface area contributed by atoms with E-state index in [1.54, 1.807) is 0 Å². The molecule has 0 heterocycles. The predicted molar refractivity (Wildman–Crippen MR) is 55.0 cm³/mol. The highest BCUT2D eigenvalue weighted by Crippen LogP contribution is 2.10. The number of halogens is 1. The van der Waals surface area contributed by atoms with Crippen LogP contribution in [0.3, 0.4) is 0 Å². The summed E-state index contributed by atoms with van der Waals surface area (Å²) in [5.74, 6) is 0. The second-order valence-corrected chi connectivity index (χ2v) is 3.56. The minimum atomic E-state index is -0.242. The maximum absolute atomic E-state index is 10.5. The molecule has 0 amide bonds. The van der Waals surface area contributed by atoms with Crippen molar-refractivity contribution in [3.8, 4) is 0 Å². The van der Waals surface area contributed by atoms with E-state index >= 15 is 0 Å². The molecule has 1 aromatic carbocycles. The largest absolute Gasteiger partial charge is 0.281 e. The molecule has 0 N–H and O–H groups in total. The Kier molecular flexibility index (Phi) is 3.97. The van der Waals surface area contributed by atoms with Gasteiger partial charge in [0.15, 0.2) is 0 Å². The van der Waals surface area contributed by atoms with Crippen molar-refractivity contribution in [2.24, 2.45) is 0 Å². The highest BCUT2D eigenvalue weighted by Gasteiger charge is 1.99. The topological polar surface area (TPSA) is 17.1 Å². The quantitative estimate of drug-likeness (QED) is 0.677. The number of aryl methyl sites for hydroxylation is 2. The third kappa shape index (κ3) is 3.60. The molecule has 0 unspecified atom stereocenters. The molecule has 0 radical (unpaired) electrons. The van der Waals surface area contributed by atoms with Gasteiger partial charge in [-0.05, 0) is 42.5 Å². The van der Waals surface area contributed by atoms with Crippen LogP contribution in [-0.2, 0) is 11.2 Å². The molecule has 1 aromatic rings. The zero-order chi connectivity index (χ0) is 9.68. The van der Waals surface area contributed by atoms with Gasteiger partial charge in [-0.2, -0.15) is 0 Å². The van der Waals surface area contributed by atoms with Gasteiger partial charge in [0, 0.05) is 6.42 Å². The summed E-state index contributed by atoms with van der Waals surface area (Å²) in [7, 11) is 0. The second kappa shape index (κ2) is 5.03. The average Bonchev–Trinajstić information content (AvgIpc) is 2.08. The lowest BCUT2D eigenvalue weighted by Crippen LogP contribution is -1.92. The summed E-state index contributed by atoms with van der Waals surface area (Å²) in [6.07, 6.45) is 2.24. The van der Waals surface area contributed by atoms with Gasteiger partial charge in [0.05, 0.1) is 0 Å². The third-order valence-electron chi connectivity index (χ3n) is 2.08. The Bertz CT molecular complexity index is 294. The SMILES string of the molecule is Cc1ccccc1CCCC(=O)Cl. The first-order chi connectivity index (χ1) is 6.20. The zero-order valence-electron chi connectivity index (χ0n) is 7.72. The van der Waals surface area contributed by atoms with E-state index in [0.717, 1.165) is 12.8 Å². The number of carbonyl (C=O) groups is 1. The Morgan fingerprint density at radius 3 is 2.69 bits per heavy atom. The molecule has 0 saturated heterocycles. The van der Waals surface area contributed by atoms with Crippen molar-refractivity contribution in [3.05, 3.63) is 35.4 Å². The molecular formula is C11H13ClO. The molecule has 0 aliphatic heterocycles. The molecule has 0 aliphatic rings. The van der Waals surface area contributed by atoms with Gasteiger partial charge in [0.2, 0.25) is 5.24 Å². The molecule has 70 valence electrons. The first-order valence-corrected chi connectivity index (χ1v) is 4.81. The number of hydrogen-bond donors (Lipinski definition) is 0. The smallest absolute Gasteiger partial charge is 0.221 e. The van der Waals surface area contributed by atoms with E-state index in [-0.39, 0.29) is 5.24 Å². The molecule has 0 atom stereocenters. The molecule has 2 heteroatoms. The molecule has 1 nitrogen and oxygen atoms in total. The summed E-state index contributed by atoms with van der Waals surface area (Å²) in [6, 6.07) is 8.21. The number of benzene rings is 1. The fourth-order valence-corrected chi connectivity index (χ4v) is 1.44. The van der Waals surface area contributed by atoms with E-state index in [0.29, 0.717) is 6.42 Å². The van der Waals surface area contributed by atoms with Crippen molar-refractivity contribution in [3.63, 3.8) is 0 Å². The lowest BCUT2D eigenvalue weighted by Gasteiger charge is -2.03. The Balaban J connectivity index is 2.45. The summed E-state index contributed by atoms with van der Waals surface area (Å²) in [5, 5.41) is -0.242. The van der Waals surface area contributed by atoms with Crippen LogP contribution in [-0.4, -0.2) is 5.24 Å². The Labute approximate surface area is 83.7 Å². The van der Waals surface area contributed by atoms with Crippen LogP contribution in [0.4, 0.5) is 0 Å². The third-order valence-corrected chi connectivity index (χ3v) is 2.27. The van der Waals surface area contributed by atoms with Gasteiger partial charge in [-0.25, -0.2) is 0 Å². The van der Waals surface area contributed by atoms with Crippen LogP contribution in [0.1, 0.15) is 24.0 Å². The van der Waals surface area contributed by atoms with Gasteiger partial charge in [-0.15, -0.1) is 0 Å². The van der Waals surface area contributed by atoms with Crippen molar-refractivity contribution in [1.29, 1.82) is 0 Å². The maximum Gasteiger partial charge on any atom is 0.221 e. The van der Waals surface area contributed by atoms with Gasteiger partial charge in [0.25, 0.3) is 0 Å². The zero-order valence-corrected chi connectivity index (χ0v) is 8.47. The Morgan fingerprint density at radius 1 is 1.38 bits per heavy atom. The molecule has 13 heavy (non-hydrogen) atoms. The average molecular weight is 197 g/mol. The van der Waals surface area contributed by atoms with Gasteiger partial charge in [0.1, 0.15) is 0 Å². The number of rotatable bonds is 4. The van der Waals surface area contributed by atoms with Crippen molar-refractivity contribution < 1.29 is 4.79 Å². The minimum Gasteiger partial charge on any atom is -0.281 e. The first-order valence-electron chi connectivity index (χ1n) is 4.43. The van der Waals surface area contributed by atoms with Crippen LogP contribution >= 0.6 is 11.6 Å². The van der Waals surface area contributed by atoms with Crippen LogP contribution in [0.2, 0.25) is 0 Å². The monoisotopic (exact) mass is 196 g/mol. The van der Waals surface area contributed by atoms with E-state index in [1.165, 1.54) is 11.1 Å². The highest BCUT2D eigenvalue weighted by atomic mass is 35.5. The standard InChI is InChI=1S/C11H13ClO/c1-9-5-2-3-6-10(9)7-4-8-11(12)13/h2-3,5-6H,4,7-8H2,1H3. The van der Waals surface area contributed by atoms with Crippen LogP contribution < -0.4 is 0 Å². The van der Waals surface area contributed by atoms with E-state index in [1.807, 2.05) is 12.1 Å². The van der Waals surface area contributed by atoms with Crippen molar-refractivity contribution in [2.45, 2.75) is 26.2 Å². The van der Waals surface area contributed by atoms with Crippen LogP contribution in [0.25, 0.3) is 0 Å². The first kappa shape index (κ1) is 10.3. The lowest BCUT2D eigenvalue weighted by molar-refractivity contribution is -0.111. The van der Waals surface area contributed by atoms with E-state index in [9.17, 15) is 4.79 Å². The molecule has 0 spiro atoms. The summed E-state index contributed by atoms with van der Waals surface area (Å²) >= 11 is 5.24. The van der Waals surface area contributed by atoms with Crippen LogP contribution in [0.15, 0.2) is 24.3 Å². The van der Waals surface area contributed by atoms with E-state index in [2.05, 4.69) is 19.1 Å². The van der Waals surface area contributed by atoms with Crippen molar-refractivity contribution >= 4 is 16.8 Å². The van der Waals surface area contributed by atoms with Gasteiger partial charge >= 0.3 is 0 Å². The van der Waals surface area contributed by atoms with Crippen LogP contribution in [0.5, 0.6) is 0 Å². The molecule has 0 saturated carbocycles. The minimum absolute atomic E-state index is 0.242. The lowest BCUT2D eigenvalue weighted by atomic mass is 10.0. The van der Waals surface area contributed by atoms with Crippen LogP contribution in [0, 0.1) is 6.92 Å². The number of carbonyl (C=O) groups excluding carboxylic acids is 1. The molecule has 0 aromatic heterocycles. The molecule has 0 fully saturated rings. The predicted octanol–water partition coefficient (Wildman–Crippen LogP) is 3.08. The summed E-state index contributed by atoms with van der Waals surface area (Å²) in [4.78, 5) is 10.5. The van der Waals surface area contributed by atoms with Gasteiger partial charge in [-0.3, -0.25) is 4.79 Å². The Morgan fingerprint density at radius 2 is 2.08 bits per heavy atom. The van der Waals surface area contributed by atoms with E-state index < -0.39 is 0 Å². The fourth-order valence-electron chi connectivity index (χ4n) is 1.31. The normalized spacial score (nSPS) is 10.0. The number of hydrogen-bond acceptors (Lipinski definition) is 1. The molecule has 1 rings (SSSR count). The Hall–Kier alpha value is -0.820. The maximum atomic E-state index is 10.5. The molecule has 0 bridgehead atoms. The van der Waals surface area contributed by atoms with Crippen molar-refractivity contribution in [2.75, 3.05) is 0 Å². The van der Waals surface area contributed by atoms with Gasteiger partial charge < -0.3 is 0 Å². The highest BCUT2D eigenvalue weighted by molar-refractivity contribution is 6.63.